The number of hydrogen-bond donors (Lipinski definition) is 1. The smallest absolute Gasteiger partial charge is 0.309 e. The summed E-state index contributed by atoms with van der Waals surface area (Å²) in [6.07, 6.45) is 1.55. The summed E-state index contributed by atoms with van der Waals surface area (Å²) in [5.41, 5.74) is 0.461. The number of carboxylic acid groups (broad SMARTS) is 1. The normalized spacial score (nSPS) is 19.3. The monoisotopic (exact) mass is 234 g/mol. The van der Waals surface area contributed by atoms with Crippen LogP contribution in [-0.2, 0) is 4.79 Å². The van der Waals surface area contributed by atoms with Gasteiger partial charge in [-0.05, 0) is 44.2 Å². The molecule has 1 aromatic carbocycles. The highest BCUT2D eigenvalue weighted by Crippen LogP contribution is 2.40. The maximum absolute atomic E-state index is 11.2. The molecule has 17 heavy (non-hydrogen) atoms. The van der Waals surface area contributed by atoms with Crippen LogP contribution < -0.4 is 4.74 Å². The second-order valence-electron chi connectivity index (χ2n) is 5.27. The molecule has 92 valence electrons. The molecule has 1 heterocycles. The van der Waals surface area contributed by atoms with Gasteiger partial charge < -0.3 is 9.84 Å². The van der Waals surface area contributed by atoms with E-state index in [0.29, 0.717) is 13.0 Å². The van der Waals surface area contributed by atoms with Gasteiger partial charge in [-0.25, -0.2) is 0 Å². The Hall–Kier alpha value is -1.51. The molecular weight excluding hydrogens is 216 g/mol. The van der Waals surface area contributed by atoms with E-state index in [4.69, 9.17) is 4.74 Å². The SMILES string of the molecule is CC(C)(CC1CCOc2ccccc21)C(=O)O. The van der Waals surface area contributed by atoms with Crippen molar-refractivity contribution in [1.29, 1.82) is 0 Å². The summed E-state index contributed by atoms with van der Waals surface area (Å²) < 4.78 is 5.58. The number of benzene rings is 1. The first kappa shape index (κ1) is 12.0. The third kappa shape index (κ3) is 2.43. The van der Waals surface area contributed by atoms with Gasteiger partial charge in [-0.3, -0.25) is 4.79 Å². The lowest BCUT2D eigenvalue weighted by molar-refractivity contribution is -0.147. The zero-order valence-electron chi connectivity index (χ0n) is 10.3. The first-order valence-corrected chi connectivity index (χ1v) is 5.96. The molecule has 0 saturated carbocycles. The van der Waals surface area contributed by atoms with Gasteiger partial charge in [0, 0.05) is 0 Å². The summed E-state index contributed by atoms with van der Waals surface area (Å²) in [5.74, 6) is 0.456. The van der Waals surface area contributed by atoms with Crippen molar-refractivity contribution < 1.29 is 14.6 Å². The number of ether oxygens (including phenoxy) is 1. The Bertz CT molecular complexity index is 423. The van der Waals surface area contributed by atoms with Gasteiger partial charge in [-0.15, -0.1) is 0 Å². The first-order chi connectivity index (χ1) is 8.00. The highest BCUT2D eigenvalue weighted by atomic mass is 16.5. The van der Waals surface area contributed by atoms with Crippen LogP contribution in [0.4, 0.5) is 0 Å². The molecule has 0 radical (unpaired) electrons. The summed E-state index contributed by atoms with van der Waals surface area (Å²) >= 11 is 0. The molecule has 1 unspecified atom stereocenters. The Labute approximate surface area is 101 Å². The standard InChI is InChI=1S/C14H18O3/c1-14(2,13(15)16)9-10-7-8-17-12-6-4-3-5-11(10)12/h3-6,10H,7-9H2,1-2H3,(H,15,16). The van der Waals surface area contributed by atoms with Gasteiger partial charge >= 0.3 is 5.97 Å². The lowest BCUT2D eigenvalue weighted by Crippen LogP contribution is -2.28. The van der Waals surface area contributed by atoms with Crippen molar-refractivity contribution in [1.82, 2.24) is 0 Å². The molecule has 0 spiro atoms. The van der Waals surface area contributed by atoms with Crippen LogP contribution in [-0.4, -0.2) is 17.7 Å². The van der Waals surface area contributed by atoms with Crippen LogP contribution in [0.2, 0.25) is 0 Å². The predicted octanol–water partition coefficient (Wildman–Crippen LogP) is 3.05. The summed E-state index contributed by atoms with van der Waals surface area (Å²) in [6.45, 7) is 4.25. The fourth-order valence-electron chi connectivity index (χ4n) is 2.33. The molecule has 1 aliphatic rings. The molecule has 3 nitrogen and oxygen atoms in total. The molecule has 0 aliphatic carbocycles. The van der Waals surface area contributed by atoms with E-state index in [9.17, 15) is 9.90 Å². The third-order valence-corrected chi connectivity index (χ3v) is 3.42. The number of fused-ring (bicyclic) bond motifs is 1. The average Bonchev–Trinajstić information content (AvgIpc) is 2.29. The van der Waals surface area contributed by atoms with Crippen LogP contribution in [0, 0.1) is 5.41 Å². The van der Waals surface area contributed by atoms with Gasteiger partial charge in [0.2, 0.25) is 0 Å². The fourth-order valence-corrected chi connectivity index (χ4v) is 2.33. The van der Waals surface area contributed by atoms with Crippen molar-refractivity contribution in [3.63, 3.8) is 0 Å². The zero-order chi connectivity index (χ0) is 12.5. The van der Waals surface area contributed by atoms with Crippen LogP contribution in [0.5, 0.6) is 5.75 Å². The maximum Gasteiger partial charge on any atom is 0.309 e. The number of carbonyl (C=O) groups is 1. The van der Waals surface area contributed by atoms with Gasteiger partial charge in [-0.2, -0.15) is 0 Å². The highest BCUT2D eigenvalue weighted by molar-refractivity contribution is 5.73. The maximum atomic E-state index is 11.2. The van der Waals surface area contributed by atoms with E-state index in [1.807, 2.05) is 24.3 Å². The molecular formula is C14H18O3. The van der Waals surface area contributed by atoms with Gasteiger partial charge in [0.05, 0.1) is 12.0 Å². The summed E-state index contributed by atoms with van der Waals surface area (Å²) in [7, 11) is 0. The third-order valence-electron chi connectivity index (χ3n) is 3.42. The Morgan fingerprint density at radius 1 is 1.47 bits per heavy atom. The van der Waals surface area contributed by atoms with E-state index < -0.39 is 11.4 Å². The van der Waals surface area contributed by atoms with Crippen molar-refractivity contribution in [3.05, 3.63) is 29.8 Å². The molecule has 2 rings (SSSR count). The van der Waals surface area contributed by atoms with Gasteiger partial charge in [0.15, 0.2) is 0 Å². The molecule has 1 atom stereocenters. The average molecular weight is 234 g/mol. The molecule has 0 saturated heterocycles. The Kier molecular flexibility index (Phi) is 3.09. The van der Waals surface area contributed by atoms with Gasteiger partial charge in [-0.1, -0.05) is 18.2 Å². The second-order valence-corrected chi connectivity index (χ2v) is 5.27. The van der Waals surface area contributed by atoms with E-state index >= 15 is 0 Å². The van der Waals surface area contributed by atoms with Crippen LogP contribution in [0.3, 0.4) is 0 Å². The largest absolute Gasteiger partial charge is 0.493 e. The van der Waals surface area contributed by atoms with E-state index in [0.717, 1.165) is 17.7 Å². The van der Waals surface area contributed by atoms with Crippen LogP contribution in [0.1, 0.15) is 38.2 Å². The summed E-state index contributed by atoms with van der Waals surface area (Å²) in [6, 6.07) is 7.92. The summed E-state index contributed by atoms with van der Waals surface area (Å²) in [4.78, 5) is 11.2. The van der Waals surface area contributed by atoms with E-state index in [-0.39, 0.29) is 5.92 Å². The van der Waals surface area contributed by atoms with Crippen molar-refractivity contribution in [3.8, 4) is 5.75 Å². The fraction of sp³-hybridized carbons (Fsp3) is 0.500. The molecule has 0 aromatic heterocycles. The zero-order valence-corrected chi connectivity index (χ0v) is 10.3. The molecule has 0 fully saturated rings. The van der Waals surface area contributed by atoms with E-state index in [1.54, 1.807) is 13.8 Å². The predicted molar refractivity (Wildman–Crippen MR) is 65.3 cm³/mol. The molecule has 1 aliphatic heterocycles. The number of rotatable bonds is 3. The Balaban J connectivity index is 2.22. The minimum atomic E-state index is -0.735. The van der Waals surface area contributed by atoms with E-state index in [2.05, 4.69) is 0 Å². The lowest BCUT2D eigenvalue weighted by atomic mass is 9.78. The van der Waals surface area contributed by atoms with Gasteiger partial charge in [0.1, 0.15) is 5.75 Å². The molecule has 0 amide bonds. The minimum absolute atomic E-state index is 0.283. The van der Waals surface area contributed by atoms with Crippen molar-refractivity contribution in [2.24, 2.45) is 5.41 Å². The first-order valence-electron chi connectivity index (χ1n) is 5.96. The van der Waals surface area contributed by atoms with Gasteiger partial charge in [0.25, 0.3) is 0 Å². The molecule has 3 heteroatoms. The Morgan fingerprint density at radius 3 is 2.88 bits per heavy atom. The molecule has 1 N–H and O–H groups in total. The highest BCUT2D eigenvalue weighted by Gasteiger charge is 2.33. The van der Waals surface area contributed by atoms with Crippen LogP contribution in [0.15, 0.2) is 24.3 Å². The van der Waals surface area contributed by atoms with Crippen molar-refractivity contribution in [2.75, 3.05) is 6.61 Å². The Morgan fingerprint density at radius 2 is 2.18 bits per heavy atom. The van der Waals surface area contributed by atoms with Crippen molar-refractivity contribution in [2.45, 2.75) is 32.6 Å². The number of hydrogen-bond acceptors (Lipinski definition) is 2. The quantitative estimate of drug-likeness (QED) is 0.874. The summed E-state index contributed by atoms with van der Waals surface area (Å²) in [5, 5.41) is 9.19. The van der Waals surface area contributed by atoms with Crippen molar-refractivity contribution >= 4 is 5.97 Å². The van der Waals surface area contributed by atoms with Crippen LogP contribution in [0.25, 0.3) is 0 Å². The molecule has 1 aromatic rings. The van der Waals surface area contributed by atoms with Crippen LogP contribution >= 0.6 is 0 Å². The molecule has 0 bridgehead atoms. The lowest BCUT2D eigenvalue weighted by Gasteiger charge is -2.30. The number of carboxylic acids is 1. The number of para-hydroxylation sites is 1. The number of aliphatic carboxylic acids is 1. The van der Waals surface area contributed by atoms with E-state index in [1.165, 1.54) is 0 Å². The second kappa shape index (κ2) is 4.40. The topological polar surface area (TPSA) is 46.5 Å². The minimum Gasteiger partial charge on any atom is -0.493 e.